The quantitative estimate of drug-likeness (QED) is 0.746. The van der Waals surface area contributed by atoms with E-state index in [4.69, 9.17) is 5.11 Å². The number of nitrogens with one attached hydrogen (secondary N) is 1. The normalized spacial score (nSPS) is 10.4. The first kappa shape index (κ1) is 9.99. The molecule has 0 atom stereocenters. The SMILES string of the molecule is CNCCc1cc(O)c(F)cc1C. The summed E-state index contributed by atoms with van der Waals surface area (Å²) in [5, 5.41) is 12.1. The van der Waals surface area contributed by atoms with Crippen LogP contribution in [0.25, 0.3) is 0 Å². The summed E-state index contributed by atoms with van der Waals surface area (Å²) in [7, 11) is 1.86. The lowest BCUT2D eigenvalue weighted by molar-refractivity contribution is 0.431. The van der Waals surface area contributed by atoms with Gasteiger partial charge in [-0.3, -0.25) is 0 Å². The van der Waals surface area contributed by atoms with Crippen LogP contribution in [0, 0.1) is 12.7 Å². The molecule has 0 spiro atoms. The van der Waals surface area contributed by atoms with Crippen molar-refractivity contribution < 1.29 is 9.50 Å². The molecule has 0 saturated carbocycles. The fourth-order valence-electron chi connectivity index (χ4n) is 1.23. The number of hydrogen-bond acceptors (Lipinski definition) is 2. The number of likely N-dealkylation sites (N-methyl/N-ethyl adjacent to an activating group) is 1. The van der Waals surface area contributed by atoms with Crippen LogP contribution in [0.4, 0.5) is 4.39 Å². The second kappa shape index (κ2) is 4.23. The van der Waals surface area contributed by atoms with Gasteiger partial charge < -0.3 is 10.4 Å². The van der Waals surface area contributed by atoms with Gasteiger partial charge in [-0.15, -0.1) is 0 Å². The van der Waals surface area contributed by atoms with Crippen molar-refractivity contribution in [1.29, 1.82) is 0 Å². The van der Waals surface area contributed by atoms with Crippen LogP contribution >= 0.6 is 0 Å². The minimum Gasteiger partial charge on any atom is -0.505 e. The third-order valence-electron chi connectivity index (χ3n) is 2.05. The number of aryl methyl sites for hydroxylation is 1. The van der Waals surface area contributed by atoms with Gasteiger partial charge in [0.25, 0.3) is 0 Å². The predicted octanol–water partition coefficient (Wildman–Crippen LogP) is 1.60. The molecule has 0 heterocycles. The van der Waals surface area contributed by atoms with Crippen LogP contribution < -0.4 is 5.32 Å². The van der Waals surface area contributed by atoms with E-state index < -0.39 is 5.82 Å². The first-order chi connectivity index (χ1) is 6.15. The fourth-order valence-corrected chi connectivity index (χ4v) is 1.23. The van der Waals surface area contributed by atoms with E-state index in [-0.39, 0.29) is 5.75 Å². The molecule has 0 fully saturated rings. The molecule has 13 heavy (non-hydrogen) atoms. The van der Waals surface area contributed by atoms with Gasteiger partial charge in [0.1, 0.15) is 0 Å². The van der Waals surface area contributed by atoms with Crippen LogP contribution in [-0.2, 0) is 6.42 Å². The topological polar surface area (TPSA) is 32.3 Å². The van der Waals surface area contributed by atoms with Gasteiger partial charge in [-0.05, 0) is 50.2 Å². The van der Waals surface area contributed by atoms with Crippen molar-refractivity contribution in [2.75, 3.05) is 13.6 Å². The largest absolute Gasteiger partial charge is 0.505 e. The van der Waals surface area contributed by atoms with E-state index in [1.165, 1.54) is 12.1 Å². The van der Waals surface area contributed by atoms with E-state index in [0.29, 0.717) is 0 Å². The molecule has 0 aliphatic heterocycles. The summed E-state index contributed by atoms with van der Waals surface area (Å²) in [5.41, 5.74) is 1.86. The van der Waals surface area contributed by atoms with E-state index in [9.17, 15) is 4.39 Å². The van der Waals surface area contributed by atoms with Gasteiger partial charge in [-0.25, -0.2) is 4.39 Å². The van der Waals surface area contributed by atoms with Crippen molar-refractivity contribution in [2.45, 2.75) is 13.3 Å². The molecule has 0 bridgehead atoms. The highest BCUT2D eigenvalue weighted by molar-refractivity contribution is 5.35. The third-order valence-corrected chi connectivity index (χ3v) is 2.05. The second-order valence-electron chi connectivity index (χ2n) is 3.08. The van der Waals surface area contributed by atoms with Crippen LogP contribution in [-0.4, -0.2) is 18.7 Å². The summed E-state index contributed by atoms with van der Waals surface area (Å²) >= 11 is 0. The van der Waals surface area contributed by atoms with E-state index >= 15 is 0 Å². The molecule has 1 rings (SSSR count). The Balaban J connectivity index is 2.88. The Morgan fingerprint density at radius 3 is 2.77 bits per heavy atom. The highest BCUT2D eigenvalue weighted by Gasteiger charge is 2.05. The lowest BCUT2D eigenvalue weighted by Crippen LogP contribution is -2.11. The molecule has 3 heteroatoms. The Morgan fingerprint density at radius 2 is 2.15 bits per heavy atom. The molecule has 0 aliphatic carbocycles. The van der Waals surface area contributed by atoms with E-state index in [1.54, 1.807) is 0 Å². The first-order valence-electron chi connectivity index (χ1n) is 4.27. The van der Waals surface area contributed by atoms with Crippen LogP contribution in [0.15, 0.2) is 12.1 Å². The zero-order valence-corrected chi connectivity index (χ0v) is 7.89. The van der Waals surface area contributed by atoms with Crippen LogP contribution in [0.3, 0.4) is 0 Å². The molecule has 1 aromatic rings. The highest BCUT2D eigenvalue weighted by atomic mass is 19.1. The monoisotopic (exact) mass is 183 g/mol. The zero-order chi connectivity index (χ0) is 9.84. The average Bonchev–Trinajstić information content (AvgIpc) is 2.09. The van der Waals surface area contributed by atoms with Crippen LogP contribution in [0.1, 0.15) is 11.1 Å². The number of hydrogen-bond donors (Lipinski definition) is 2. The van der Waals surface area contributed by atoms with Gasteiger partial charge in [0.15, 0.2) is 11.6 Å². The van der Waals surface area contributed by atoms with Gasteiger partial charge in [-0.2, -0.15) is 0 Å². The summed E-state index contributed by atoms with van der Waals surface area (Å²) in [6.45, 7) is 2.67. The summed E-state index contributed by atoms with van der Waals surface area (Å²) < 4.78 is 12.8. The molecule has 2 nitrogen and oxygen atoms in total. The molecule has 0 unspecified atom stereocenters. The molecule has 72 valence electrons. The Bertz CT molecular complexity index is 299. The maximum absolute atomic E-state index is 12.8. The van der Waals surface area contributed by atoms with Gasteiger partial charge in [0.05, 0.1) is 0 Å². The molecule has 0 amide bonds. The van der Waals surface area contributed by atoms with E-state index in [1.807, 2.05) is 14.0 Å². The summed E-state index contributed by atoms with van der Waals surface area (Å²) in [6.07, 6.45) is 0.802. The Morgan fingerprint density at radius 1 is 1.46 bits per heavy atom. The summed E-state index contributed by atoms with van der Waals surface area (Å²) in [4.78, 5) is 0. The Hall–Kier alpha value is -1.09. The zero-order valence-electron chi connectivity index (χ0n) is 7.89. The molecule has 2 N–H and O–H groups in total. The van der Waals surface area contributed by atoms with Crippen molar-refractivity contribution in [3.8, 4) is 5.75 Å². The number of halogens is 1. The molecule has 0 aromatic heterocycles. The smallest absolute Gasteiger partial charge is 0.165 e. The van der Waals surface area contributed by atoms with Crippen LogP contribution in [0.5, 0.6) is 5.75 Å². The van der Waals surface area contributed by atoms with Crippen molar-refractivity contribution in [3.05, 3.63) is 29.1 Å². The van der Waals surface area contributed by atoms with Crippen molar-refractivity contribution in [3.63, 3.8) is 0 Å². The highest BCUT2D eigenvalue weighted by Crippen LogP contribution is 2.20. The van der Waals surface area contributed by atoms with Crippen molar-refractivity contribution in [1.82, 2.24) is 5.32 Å². The summed E-state index contributed by atoms with van der Waals surface area (Å²) in [6, 6.07) is 2.85. The Kier molecular flexibility index (Phi) is 3.25. The number of aromatic hydroxyl groups is 1. The minimum atomic E-state index is -0.550. The first-order valence-corrected chi connectivity index (χ1v) is 4.27. The average molecular weight is 183 g/mol. The van der Waals surface area contributed by atoms with Gasteiger partial charge >= 0.3 is 0 Å². The predicted molar refractivity (Wildman–Crippen MR) is 50.4 cm³/mol. The van der Waals surface area contributed by atoms with Crippen molar-refractivity contribution in [2.24, 2.45) is 0 Å². The van der Waals surface area contributed by atoms with Crippen molar-refractivity contribution >= 4 is 0 Å². The van der Waals surface area contributed by atoms with Gasteiger partial charge in [-0.1, -0.05) is 0 Å². The van der Waals surface area contributed by atoms with E-state index in [2.05, 4.69) is 5.32 Å². The number of phenolic OH excluding ortho intramolecular Hbond substituents is 1. The Labute approximate surface area is 77.4 Å². The number of benzene rings is 1. The maximum Gasteiger partial charge on any atom is 0.165 e. The fraction of sp³-hybridized carbons (Fsp3) is 0.400. The van der Waals surface area contributed by atoms with E-state index in [0.717, 1.165) is 24.1 Å². The standard InChI is InChI=1S/C10H14FNO/c1-7-5-9(11)10(13)6-8(7)3-4-12-2/h5-6,12-13H,3-4H2,1-2H3. The molecule has 0 saturated heterocycles. The van der Waals surface area contributed by atoms with Gasteiger partial charge in [0.2, 0.25) is 0 Å². The summed E-state index contributed by atoms with van der Waals surface area (Å²) in [5.74, 6) is -0.817. The lowest BCUT2D eigenvalue weighted by atomic mass is 10.1. The van der Waals surface area contributed by atoms with Gasteiger partial charge in [0, 0.05) is 0 Å². The minimum absolute atomic E-state index is 0.267. The molecule has 0 aliphatic rings. The second-order valence-corrected chi connectivity index (χ2v) is 3.08. The number of rotatable bonds is 3. The third kappa shape index (κ3) is 2.42. The maximum atomic E-state index is 12.8. The molecule has 0 radical (unpaired) electrons. The molecular formula is C10H14FNO. The molecular weight excluding hydrogens is 169 g/mol. The molecule has 1 aromatic carbocycles. The lowest BCUT2D eigenvalue weighted by Gasteiger charge is -2.06. The number of phenols is 1. The van der Waals surface area contributed by atoms with Crippen LogP contribution in [0.2, 0.25) is 0 Å².